The minimum Gasteiger partial charge on any atom is -0.465 e. The summed E-state index contributed by atoms with van der Waals surface area (Å²) < 4.78 is 5.52. The number of hydrogen-bond donors (Lipinski definition) is 1. The summed E-state index contributed by atoms with van der Waals surface area (Å²) in [5.74, 6) is 3.14. The largest absolute Gasteiger partial charge is 0.465 e. The highest BCUT2D eigenvalue weighted by molar-refractivity contribution is 8.00. The molecule has 0 aromatic carbocycles. The van der Waals surface area contributed by atoms with Crippen LogP contribution in [0.15, 0.2) is 16.5 Å². The van der Waals surface area contributed by atoms with Crippen LogP contribution in [-0.2, 0) is 0 Å². The lowest BCUT2D eigenvalue weighted by Crippen LogP contribution is -2.20. The van der Waals surface area contributed by atoms with Crippen molar-refractivity contribution in [1.82, 2.24) is 0 Å². The van der Waals surface area contributed by atoms with E-state index in [4.69, 9.17) is 10.2 Å². The van der Waals surface area contributed by atoms with E-state index in [-0.39, 0.29) is 6.04 Å². The van der Waals surface area contributed by atoms with Gasteiger partial charge in [0.25, 0.3) is 0 Å². The molecule has 0 spiro atoms. The smallest absolute Gasteiger partial charge is 0.121 e. The van der Waals surface area contributed by atoms with Crippen molar-refractivity contribution < 1.29 is 4.42 Å². The van der Waals surface area contributed by atoms with Crippen LogP contribution in [-0.4, -0.2) is 11.0 Å². The second-order valence-corrected chi connectivity index (χ2v) is 4.87. The average Bonchev–Trinajstić information content (AvgIpc) is 2.72. The Hall–Kier alpha value is -0.410. The summed E-state index contributed by atoms with van der Waals surface area (Å²) in [5.41, 5.74) is 6.10. The molecule has 1 unspecified atom stereocenters. The minimum atomic E-state index is 0.0844. The SMILES string of the molecule is Cc1ccc([C@H](N)C2CCCS2)o1. The average molecular weight is 197 g/mol. The monoisotopic (exact) mass is 197 g/mol. The third-order valence-corrected chi connectivity index (χ3v) is 3.94. The third kappa shape index (κ3) is 1.92. The van der Waals surface area contributed by atoms with Crippen LogP contribution in [0, 0.1) is 6.92 Å². The molecule has 1 saturated heterocycles. The van der Waals surface area contributed by atoms with Crippen LogP contribution < -0.4 is 5.73 Å². The number of furan rings is 1. The van der Waals surface area contributed by atoms with Crippen molar-refractivity contribution in [3.8, 4) is 0 Å². The summed E-state index contributed by atoms with van der Waals surface area (Å²) in [6, 6.07) is 4.06. The summed E-state index contributed by atoms with van der Waals surface area (Å²) in [6.45, 7) is 1.96. The lowest BCUT2D eigenvalue weighted by molar-refractivity contribution is 0.437. The van der Waals surface area contributed by atoms with Gasteiger partial charge in [-0.15, -0.1) is 0 Å². The molecule has 2 atom stereocenters. The second-order valence-electron chi connectivity index (χ2n) is 3.53. The lowest BCUT2D eigenvalue weighted by Gasteiger charge is -2.15. The Morgan fingerprint density at radius 2 is 2.46 bits per heavy atom. The standard InChI is InChI=1S/C10H15NOS/c1-7-4-5-8(12-7)10(11)9-3-2-6-13-9/h4-5,9-10H,2-3,6,11H2,1H3/t9?,10-/m0/s1. The van der Waals surface area contributed by atoms with E-state index >= 15 is 0 Å². The number of hydrogen-bond acceptors (Lipinski definition) is 3. The van der Waals surface area contributed by atoms with Crippen molar-refractivity contribution in [3.05, 3.63) is 23.7 Å². The predicted molar refractivity (Wildman–Crippen MR) is 55.9 cm³/mol. The first-order valence-corrected chi connectivity index (χ1v) is 5.76. The number of aryl methyl sites for hydroxylation is 1. The van der Waals surface area contributed by atoms with E-state index < -0.39 is 0 Å². The van der Waals surface area contributed by atoms with Crippen LogP contribution in [0.3, 0.4) is 0 Å². The van der Waals surface area contributed by atoms with Gasteiger partial charge in [-0.2, -0.15) is 11.8 Å². The molecule has 3 heteroatoms. The molecule has 1 aliphatic rings. The first-order valence-electron chi connectivity index (χ1n) is 4.71. The van der Waals surface area contributed by atoms with Gasteiger partial charge in [0, 0.05) is 5.25 Å². The zero-order valence-corrected chi connectivity index (χ0v) is 8.64. The minimum absolute atomic E-state index is 0.0844. The molecule has 0 radical (unpaired) electrons. The summed E-state index contributed by atoms with van der Waals surface area (Å²) in [6.07, 6.45) is 2.52. The van der Waals surface area contributed by atoms with Gasteiger partial charge < -0.3 is 10.2 Å². The van der Waals surface area contributed by atoms with E-state index in [0.717, 1.165) is 11.5 Å². The summed E-state index contributed by atoms with van der Waals surface area (Å²) in [4.78, 5) is 0. The Labute approximate surface area is 82.9 Å². The van der Waals surface area contributed by atoms with Crippen LogP contribution >= 0.6 is 11.8 Å². The summed E-state index contributed by atoms with van der Waals surface area (Å²) >= 11 is 1.97. The van der Waals surface area contributed by atoms with Crippen molar-refractivity contribution in [2.24, 2.45) is 5.73 Å². The van der Waals surface area contributed by atoms with Crippen LogP contribution in [0.25, 0.3) is 0 Å². The van der Waals surface area contributed by atoms with E-state index in [1.54, 1.807) is 0 Å². The van der Waals surface area contributed by atoms with Crippen molar-refractivity contribution in [2.45, 2.75) is 31.1 Å². The fraction of sp³-hybridized carbons (Fsp3) is 0.600. The molecule has 2 heterocycles. The Kier molecular flexibility index (Phi) is 2.65. The van der Waals surface area contributed by atoms with Gasteiger partial charge in [0.2, 0.25) is 0 Å². The third-order valence-electron chi connectivity index (χ3n) is 2.46. The maximum atomic E-state index is 6.10. The second kappa shape index (κ2) is 3.76. The first kappa shape index (κ1) is 9.16. The van der Waals surface area contributed by atoms with Gasteiger partial charge in [0.15, 0.2) is 0 Å². The molecule has 2 rings (SSSR count). The van der Waals surface area contributed by atoms with Crippen LogP contribution in [0.2, 0.25) is 0 Å². The van der Waals surface area contributed by atoms with Gasteiger partial charge in [-0.3, -0.25) is 0 Å². The van der Waals surface area contributed by atoms with Gasteiger partial charge in [-0.05, 0) is 37.7 Å². The zero-order valence-electron chi connectivity index (χ0n) is 7.82. The fourth-order valence-electron chi connectivity index (χ4n) is 1.70. The Balaban J connectivity index is 2.07. The van der Waals surface area contributed by atoms with E-state index in [9.17, 15) is 0 Å². The number of rotatable bonds is 2. The molecule has 0 saturated carbocycles. The van der Waals surface area contributed by atoms with Gasteiger partial charge in [-0.1, -0.05) is 0 Å². The predicted octanol–water partition coefficient (Wildman–Crippen LogP) is 2.48. The highest BCUT2D eigenvalue weighted by atomic mass is 32.2. The van der Waals surface area contributed by atoms with Crippen LogP contribution in [0.1, 0.15) is 30.4 Å². The summed E-state index contributed by atoms with van der Waals surface area (Å²) in [7, 11) is 0. The zero-order chi connectivity index (χ0) is 9.26. The topological polar surface area (TPSA) is 39.2 Å². The maximum absolute atomic E-state index is 6.10. The molecule has 1 aromatic heterocycles. The van der Waals surface area contributed by atoms with E-state index in [0.29, 0.717) is 5.25 Å². The Morgan fingerprint density at radius 3 is 3.00 bits per heavy atom. The highest BCUT2D eigenvalue weighted by Crippen LogP contribution is 2.34. The molecular weight excluding hydrogens is 182 g/mol. The van der Waals surface area contributed by atoms with E-state index in [1.165, 1.54) is 18.6 Å². The number of thioether (sulfide) groups is 1. The molecule has 1 aliphatic heterocycles. The van der Waals surface area contributed by atoms with Gasteiger partial charge in [0.1, 0.15) is 11.5 Å². The fourth-order valence-corrected chi connectivity index (χ4v) is 3.01. The van der Waals surface area contributed by atoms with Crippen molar-refractivity contribution >= 4 is 11.8 Å². The molecule has 1 fully saturated rings. The van der Waals surface area contributed by atoms with E-state index in [2.05, 4.69) is 0 Å². The Morgan fingerprint density at radius 1 is 1.62 bits per heavy atom. The molecule has 1 aromatic rings. The molecule has 0 aliphatic carbocycles. The van der Waals surface area contributed by atoms with Crippen LogP contribution in [0.4, 0.5) is 0 Å². The normalized spacial score (nSPS) is 24.9. The highest BCUT2D eigenvalue weighted by Gasteiger charge is 2.25. The molecular formula is C10H15NOS. The first-order chi connectivity index (χ1) is 6.27. The van der Waals surface area contributed by atoms with Gasteiger partial charge in [0.05, 0.1) is 6.04 Å². The molecule has 2 N–H and O–H groups in total. The van der Waals surface area contributed by atoms with Gasteiger partial charge in [-0.25, -0.2) is 0 Å². The Bertz CT molecular complexity index is 278. The molecule has 2 nitrogen and oxygen atoms in total. The van der Waals surface area contributed by atoms with Crippen molar-refractivity contribution in [1.29, 1.82) is 0 Å². The summed E-state index contributed by atoms with van der Waals surface area (Å²) in [5, 5.41) is 0.561. The number of nitrogens with two attached hydrogens (primary N) is 1. The maximum Gasteiger partial charge on any atom is 0.121 e. The molecule has 13 heavy (non-hydrogen) atoms. The molecule has 0 amide bonds. The van der Waals surface area contributed by atoms with E-state index in [1.807, 2.05) is 30.8 Å². The van der Waals surface area contributed by atoms with Crippen LogP contribution in [0.5, 0.6) is 0 Å². The molecule has 72 valence electrons. The lowest BCUT2D eigenvalue weighted by atomic mass is 10.1. The molecule has 0 bridgehead atoms. The van der Waals surface area contributed by atoms with Crippen molar-refractivity contribution in [3.63, 3.8) is 0 Å². The van der Waals surface area contributed by atoms with Gasteiger partial charge >= 0.3 is 0 Å². The quantitative estimate of drug-likeness (QED) is 0.791. The van der Waals surface area contributed by atoms with Crippen molar-refractivity contribution in [2.75, 3.05) is 5.75 Å².